The molecule has 0 heterocycles. The van der Waals surface area contributed by atoms with Crippen molar-refractivity contribution in [1.82, 2.24) is 36.8 Å². The Bertz CT molecular complexity index is 1780. The number of nitrogens with zero attached hydrogens (tertiary/aromatic N) is 1. The minimum atomic E-state index is -1.31. The van der Waals surface area contributed by atoms with E-state index in [1.54, 1.807) is 26.0 Å². The normalized spacial score (nSPS) is 13.4. The zero-order valence-corrected chi connectivity index (χ0v) is 34.2. The van der Waals surface area contributed by atoms with Crippen LogP contribution in [-0.2, 0) is 41.6 Å². The first-order chi connectivity index (χ1) is 28.2. The third kappa shape index (κ3) is 18.8. The lowest BCUT2D eigenvalue weighted by molar-refractivity contribution is -0.137. The summed E-state index contributed by atoms with van der Waals surface area (Å²) in [4.78, 5) is 81.3. The molecule has 0 aliphatic carbocycles. The maximum absolute atomic E-state index is 14.0. The molecule has 5 atom stereocenters. The van der Waals surface area contributed by atoms with E-state index in [9.17, 15) is 38.3 Å². The molecule has 0 unspecified atom stereocenters. The number of primary amides is 1. The number of benzene rings is 2. The number of likely N-dealkylation sites (N-methyl/N-ethyl adjacent to an activating group) is 1. The smallest absolute Gasteiger partial charge is 0.243 e. The van der Waals surface area contributed by atoms with Gasteiger partial charge in [-0.3, -0.25) is 39.6 Å². The Morgan fingerprint density at radius 3 is 1.70 bits per heavy atom. The number of carbonyl (C=O) groups excluding carboxylic acids is 6. The van der Waals surface area contributed by atoms with E-state index in [1.807, 2.05) is 0 Å². The fourth-order valence-corrected chi connectivity index (χ4v) is 5.99. The van der Waals surface area contributed by atoms with Crippen LogP contribution in [0.4, 0.5) is 4.39 Å². The van der Waals surface area contributed by atoms with Crippen molar-refractivity contribution in [3.8, 4) is 5.75 Å². The molecular formula is C39H60FN13O7. The predicted molar refractivity (Wildman–Crippen MR) is 222 cm³/mol. The molecule has 0 aliphatic rings. The first-order valence-electron chi connectivity index (χ1n) is 19.4. The Morgan fingerprint density at radius 1 is 0.700 bits per heavy atom. The largest absolute Gasteiger partial charge is 0.508 e. The number of halogens is 1. The molecular weight excluding hydrogens is 782 g/mol. The highest BCUT2D eigenvalue weighted by Crippen LogP contribution is 2.13. The first-order valence-corrected chi connectivity index (χ1v) is 19.4. The number of carbonyl (C=O) groups is 6. The predicted octanol–water partition coefficient (Wildman–Crippen LogP) is -1.90. The zero-order valence-electron chi connectivity index (χ0n) is 34.2. The molecule has 60 heavy (non-hydrogen) atoms. The van der Waals surface area contributed by atoms with Crippen molar-refractivity contribution in [2.75, 3.05) is 26.7 Å². The van der Waals surface area contributed by atoms with E-state index >= 15 is 0 Å². The molecule has 21 heteroatoms. The van der Waals surface area contributed by atoms with E-state index in [0.717, 1.165) is 4.90 Å². The van der Waals surface area contributed by atoms with Gasteiger partial charge >= 0.3 is 0 Å². The average Bonchev–Trinajstić information content (AvgIpc) is 3.17. The molecule has 2 aromatic rings. The number of hydrogen-bond acceptors (Lipinski definition) is 10. The van der Waals surface area contributed by atoms with Gasteiger partial charge < -0.3 is 64.8 Å². The quantitative estimate of drug-likeness (QED) is 0.0296. The summed E-state index contributed by atoms with van der Waals surface area (Å²) in [5, 5.41) is 40.0. The number of nitrogens with two attached hydrogens (primary N) is 4. The van der Waals surface area contributed by atoms with Crippen LogP contribution in [0, 0.1) is 22.6 Å². The van der Waals surface area contributed by atoms with Crippen molar-refractivity contribution in [3.63, 3.8) is 0 Å². The topological polar surface area (TPSA) is 350 Å². The van der Waals surface area contributed by atoms with E-state index in [0.29, 0.717) is 17.5 Å². The average molecular weight is 842 g/mol. The molecule has 17 N–H and O–H groups in total. The van der Waals surface area contributed by atoms with Crippen molar-refractivity contribution >= 4 is 47.4 Å². The fraction of sp³-hybridized carbons (Fsp3) is 0.487. The fourth-order valence-electron chi connectivity index (χ4n) is 5.99. The second-order valence-electron chi connectivity index (χ2n) is 14.8. The molecule has 0 fully saturated rings. The summed E-state index contributed by atoms with van der Waals surface area (Å²) in [5.41, 5.74) is 23.5. The van der Waals surface area contributed by atoms with Crippen LogP contribution in [0.3, 0.4) is 0 Å². The number of phenols is 1. The molecule has 2 aromatic carbocycles. The number of guanidine groups is 2. The number of aromatic hydroxyl groups is 1. The Kier molecular flexibility index (Phi) is 20.7. The number of rotatable bonds is 25. The molecule has 0 aliphatic heterocycles. The number of amides is 6. The molecule has 6 amide bonds. The van der Waals surface area contributed by atoms with Crippen LogP contribution in [-0.4, -0.2) is 114 Å². The van der Waals surface area contributed by atoms with Gasteiger partial charge in [0.1, 0.15) is 35.7 Å². The van der Waals surface area contributed by atoms with E-state index in [-0.39, 0.29) is 75.2 Å². The standard InChI is InChI=1S/C39H60FN13O7/c1-22(2)18-30(35(58)51-29(7-5-17-48-39(45)46)34(57)50-28(33(42)56)6-4-16-47-38(43)44)52-36(59)31(20-24-8-12-25(40)13-9-24)49-32(55)21-53(3)37(60)27(41)19-23-10-14-26(54)15-11-23/h8-15,22,27-31,54H,4-7,16-21,41H2,1-3H3,(H2,42,56)(H,49,55)(H,50,57)(H,51,58)(H,52,59)(H4,43,44,47)(H4,45,46,48)/t27-,28+,29-,30-,31-/m0/s1. The van der Waals surface area contributed by atoms with Crippen LogP contribution >= 0.6 is 0 Å². The molecule has 0 saturated heterocycles. The summed E-state index contributed by atoms with van der Waals surface area (Å²) in [5.74, 6) is -5.61. The Morgan fingerprint density at radius 2 is 1.17 bits per heavy atom. The highest BCUT2D eigenvalue weighted by Gasteiger charge is 2.32. The minimum Gasteiger partial charge on any atom is -0.508 e. The molecule has 20 nitrogen and oxygen atoms in total. The molecule has 0 radical (unpaired) electrons. The lowest BCUT2D eigenvalue weighted by Gasteiger charge is -2.27. The van der Waals surface area contributed by atoms with Gasteiger partial charge in [-0.15, -0.1) is 0 Å². The number of hydrogen-bond donors (Lipinski definition) is 13. The Hall–Kier alpha value is -6.51. The van der Waals surface area contributed by atoms with Crippen LogP contribution in [0.25, 0.3) is 0 Å². The summed E-state index contributed by atoms with van der Waals surface area (Å²) >= 11 is 0. The maximum Gasteiger partial charge on any atom is 0.243 e. The first kappa shape index (κ1) is 49.6. The summed E-state index contributed by atoms with van der Waals surface area (Å²) in [7, 11) is 1.37. The van der Waals surface area contributed by atoms with E-state index in [1.165, 1.54) is 43.4 Å². The Labute approximate surface area is 348 Å². The van der Waals surface area contributed by atoms with Gasteiger partial charge in [0.05, 0.1) is 12.6 Å². The molecule has 2 rings (SSSR count). The minimum absolute atomic E-state index is 0.0195. The Balaban J connectivity index is 2.28. The molecule has 0 aromatic heterocycles. The van der Waals surface area contributed by atoms with Crippen molar-refractivity contribution in [3.05, 3.63) is 65.5 Å². The van der Waals surface area contributed by atoms with Gasteiger partial charge in [0, 0.05) is 26.6 Å². The van der Waals surface area contributed by atoms with Gasteiger partial charge in [0.2, 0.25) is 35.4 Å². The summed E-state index contributed by atoms with van der Waals surface area (Å²) in [6, 6.07) is 5.44. The van der Waals surface area contributed by atoms with E-state index in [2.05, 4.69) is 31.9 Å². The lowest BCUT2D eigenvalue weighted by atomic mass is 10.00. The molecule has 0 saturated carbocycles. The van der Waals surface area contributed by atoms with Crippen molar-refractivity contribution < 1.29 is 38.3 Å². The van der Waals surface area contributed by atoms with Crippen LogP contribution in [0.1, 0.15) is 57.1 Å². The monoisotopic (exact) mass is 841 g/mol. The van der Waals surface area contributed by atoms with Crippen molar-refractivity contribution in [2.45, 2.75) is 89.0 Å². The van der Waals surface area contributed by atoms with Gasteiger partial charge in [-0.25, -0.2) is 4.39 Å². The lowest BCUT2D eigenvalue weighted by Crippen LogP contribution is -2.59. The van der Waals surface area contributed by atoms with Crippen LogP contribution in [0.2, 0.25) is 0 Å². The SMILES string of the molecule is CC(C)C[C@H](NC(=O)[C@H](Cc1ccc(F)cc1)NC(=O)CN(C)C(=O)[C@@H](N)Cc1ccc(O)cc1)C(=O)N[C@@H](CCCNC(=N)N)C(=O)N[C@H](CCCNC(=N)N)C(N)=O. The number of nitrogens with one attached hydrogen (secondary N) is 8. The summed E-state index contributed by atoms with van der Waals surface area (Å²) < 4.78 is 13.8. The maximum atomic E-state index is 14.0. The second-order valence-corrected chi connectivity index (χ2v) is 14.8. The van der Waals surface area contributed by atoms with Gasteiger partial charge in [0.25, 0.3) is 0 Å². The molecule has 0 spiro atoms. The van der Waals surface area contributed by atoms with Gasteiger partial charge in [0.15, 0.2) is 11.9 Å². The molecule has 330 valence electrons. The van der Waals surface area contributed by atoms with Crippen LogP contribution in [0.5, 0.6) is 5.75 Å². The van der Waals surface area contributed by atoms with E-state index < -0.39 is 78.0 Å². The van der Waals surface area contributed by atoms with Gasteiger partial charge in [-0.1, -0.05) is 38.1 Å². The summed E-state index contributed by atoms with van der Waals surface area (Å²) in [6.07, 6.45) is 0.765. The zero-order chi connectivity index (χ0) is 44.9. The van der Waals surface area contributed by atoms with Crippen molar-refractivity contribution in [1.29, 1.82) is 10.8 Å². The second kappa shape index (κ2) is 25.1. The number of phenolic OH excluding ortho intramolecular Hbond substituents is 1. The molecule has 0 bridgehead atoms. The highest BCUT2D eigenvalue weighted by molar-refractivity contribution is 5.96. The summed E-state index contributed by atoms with van der Waals surface area (Å²) in [6.45, 7) is 3.53. The van der Waals surface area contributed by atoms with E-state index in [4.69, 9.17) is 33.8 Å². The van der Waals surface area contributed by atoms with Crippen LogP contribution < -0.4 is 54.8 Å². The van der Waals surface area contributed by atoms with Crippen LogP contribution in [0.15, 0.2) is 48.5 Å². The third-order valence-electron chi connectivity index (χ3n) is 9.07. The van der Waals surface area contributed by atoms with Gasteiger partial charge in [-0.2, -0.15) is 0 Å². The van der Waals surface area contributed by atoms with Crippen molar-refractivity contribution in [2.24, 2.45) is 28.9 Å². The van der Waals surface area contributed by atoms with Gasteiger partial charge in [-0.05, 0) is 79.8 Å². The highest BCUT2D eigenvalue weighted by atomic mass is 19.1. The third-order valence-corrected chi connectivity index (χ3v) is 9.07.